The fraction of sp³-hybridized carbons (Fsp3) is 0.100. The van der Waals surface area contributed by atoms with Crippen molar-refractivity contribution in [2.75, 3.05) is 11.9 Å². The fourth-order valence-corrected chi connectivity index (χ4v) is 2.56. The van der Waals surface area contributed by atoms with E-state index in [4.69, 9.17) is 4.74 Å². The van der Waals surface area contributed by atoms with Gasteiger partial charge < -0.3 is 10.1 Å². The number of imide groups is 1. The number of para-hydroxylation sites is 2. The van der Waals surface area contributed by atoms with Crippen molar-refractivity contribution >= 4 is 34.5 Å². The van der Waals surface area contributed by atoms with Crippen LogP contribution in [0.3, 0.4) is 0 Å². The number of hydrogen-bond acceptors (Lipinski definition) is 5. The lowest BCUT2D eigenvalue weighted by molar-refractivity contribution is -0.123. The Bertz CT molecular complexity index is 1070. The van der Waals surface area contributed by atoms with Crippen molar-refractivity contribution < 1.29 is 23.5 Å². The lowest BCUT2D eigenvalue weighted by Gasteiger charge is -2.09. The number of aryl methyl sites for hydroxylation is 1. The second-order valence-corrected chi connectivity index (χ2v) is 5.89. The van der Waals surface area contributed by atoms with Crippen molar-refractivity contribution in [2.45, 2.75) is 6.92 Å². The molecule has 0 atom stereocenters. The number of hydrogen-bond donors (Lipinski definition) is 2. The molecule has 0 aliphatic carbocycles. The van der Waals surface area contributed by atoms with Crippen molar-refractivity contribution in [1.29, 1.82) is 0 Å². The molecule has 3 amide bonds. The highest BCUT2D eigenvalue weighted by Crippen LogP contribution is 2.19. The maximum absolute atomic E-state index is 13.5. The van der Waals surface area contributed by atoms with Gasteiger partial charge in [0.25, 0.3) is 5.91 Å². The molecule has 3 rings (SSSR count). The quantitative estimate of drug-likeness (QED) is 0.677. The minimum atomic E-state index is -0.934. The summed E-state index contributed by atoms with van der Waals surface area (Å²) in [6, 6.07) is 13.2. The van der Waals surface area contributed by atoms with Gasteiger partial charge >= 0.3 is 12.0 Å². The van der Waals surface area contributed by atoms with Crippen LogP contribution in [0.2, 0.25) is 0 Å². The van der Waals surface area contributed by atoms with Gasteiger partial charge in [-0.3, -0.25) is 15.1 Å². The topological polar surface area (TPSA) is 97.4 Å². The zero-order chi connectivity index (χ0) is 20.1. The molecule has 3 aromatic rings. The van der Waals surface area contributed by atoms with Crippen molar-refractivity contribution in [3.8, 4) is 0 Å². The van der Waals surface area contributed by atoms with E-state index < -0.39 is 30.3 Å². The maximum Gasteiger partial charge on any atom is 0.339 e. The third-order valence-corrected chi connectivity index (χ3v) is 3.77. The number of carbonyl (C=O) groups excluding carboxylic acids is 3. The molecule has 0 aliphatic heterocycles. The van der Waals surface area contributed by atoms with Gasteiger partial charge in [0, 0.05) is 11.1 Å². The summed E-state index contributed by atoms with van der Waals surface area (Å²) in [5.74, 6) is -2.21. The highest BCUT2D eigenvalue weighted by molar-refractivity contribution is 6.05. The average Bonchev–Trinajstić information content (AvgIpc) is 2.67. The van der Waals surface area contributed by atoms with Gasteiger partial charge in [0.05, 0.1) is 16.8 Å². The molecule has 142 valence electrons. The van der Waals surface area contributed by atoms with Crippen LogP contribution in [0, 0.1) is 12.7 Å². The summed E-state index contributed by atoms with van der Waals surface area (Å²) in [6.45, 7) is 1.07. The Morgan fingerprint density at radius 2 is 1.79 bits per heavy atom. The SMILES string of the molecule is Cc1cc(C(=O)OCC(=O)NC(=O)Nc2ccccc2F)c2ccccc2n1. The van der Waals surface area contributed by atoms with Gasteiger partial charge in [0.2, 0.25) is 0 Å². The summed E-state index contributed by atoms with van der Waals surface area (Å²) in [5, 5.41) is 4.76. The average molecular weight is 381 g/mol. The number of ether oxygens (including phenoxy) is 1. The number of halogens is 1. The van der Waals surface area contributed by atoms with E-state index in [1.807, 2.05) is 5.32 Å². The minimum Gasteiger partial charge on any atom is -0.452 e. The van der Waals surface area contributed by atoms with E-state index in [0.29, 0.717) is 16.6 Å². The third-order valence-electron chi connectivity index (χ3n) is 3.77. The van der Waals surface area contributed by atoms with Gasteiger partial charge in [-0.2, -0.15) is 0 Å². The summed E-state index contributed by atoms with van der Waals surface area (Å²) in [4.78, 5) is 40.3. The molecule has 8 heteroatoms. The minimum absolute atomic E-state index is 0.0801. The molecule has 0 aliphatic rings. The van der Waals surface area contributed by atoms with E-state index in [-0.39, 0.29) is 11.3 Å². The number of nitrogens with zero attached hydrogens (tertiary/aromatic N) is 1. The summed E-state index contributed by atoms with van der Waals surface area (Å²) in [6.07, 6.45) is 0. The number of pyridine rings is 1. The van der Waals surface area contributed by atoms with Crippen molar-refractivity contribution in [3.05, 3.63) is 71.7 Å². The zero-order valence-electron chi connectivity index (χ0n) is 14.9. The van der Waals surface area contributed by atoms with Gasteiger partial charge in [-0.05, 0) is 31.2 Å². The Kier molecular flexibility index (Phi) is 5.59. The van der Waals surface area contributed by atoms with Crippen LogP contribution in [0.1, 0.15) is 16.1 Å². The van der Waals surface area contributed by atoms with Crippen LogP contribution in [-0.2, 0) is 9.53 Å². The standard InChI is InChI=1S/C20H16FN3O4/c1-12-10-14(13-6-2-4-8-16(13)22-12)19(26)28-11-18(25)24-20(27)23-17-9-5-3-7-15(17)21/h2-10H,11H2,1H3,(H2,23,24,25,27). The molecule has 0 saturated carbocycles. The van der Waals surface area contributed by atoms with Crippen LogP contribution in [0.15, 0.2) is 54.6 Å². The van der Waals surface area contributed by atoms with Crippen molar-refractivity contribution in [2.24, 2.45) is 0 Å². The maximum atomic E-state index is 13.5. The molecule has 1 aromatic heterocycles. The first-order chi connectivity index (χ1) is 13.4. The zero-order valence-corrected chi connectivity index (χ0v) is 14.9. The van der Waals surface area contributed by atoms with Crippen LogP contribution in [0.4, 0.5) is 14.9 Å². The summed E-state index contributed by atoms with van der Waals surface area (Å²) in [7, 11) is 0. The number of rotatable bonds is 4. The number of carbonyl (C=O) groups is 3. The van der Waals surface area contributed by atoms with E-state index in [1.54, 1.807) is 37.3 Å². The number of aromatic nitrogens is 1. The third kappa shape index (κ3) is 4.47. The Hall–Kier alpha value is -3.81. The fourth-order valence-electron chi connectivity index (χ4n) is 2.56. The van der Waals surface area contributed by atoms with E-state index in [9.17, 15) is 18.8 Å². The van der Waals surface area contributed by atoms with Gasteiger partial charge in [-0.25, -0.2) is 14.0 Å². The molecular weight excluding hydrogens is 365 g/mol. The largest absolute Gasteiger partial charge is 0.452 e. The van der Waals surface area contributed by atoms with E-state index >= 15 is 0 Å². The lowest BCUT2D eigenvalue weighted by atomic mass is 10.1. The number of amides is 3. The van der Waals surface area contributed by atoms with Crippen LogP contribution in [0.25, 0.3) is 10.9 Å². The molecule has 0 unspecified atom stereocenters. The first kappa shape index (κ1) is 19.0. The Morgan fingerprint density at radius 3 is 2.57 bits per heavy atom. The first-order valence-electron chi connectivity index (χ1n) is 8.33. The van der Waals surface area contributed by atoms with Gasteiger partial charge in [0.15, 0.2) is 6.61 Å². The molecule has 0 bridgehead atoms. The second-order valence-electron chi connectivity index (χ2n) is 5.89. The Labute approximate surface area is 159 Å². The van der Waals surface area contributed by atoms with E-state index in [2.05, 4.69) is 10.3 Å². The number of fused-ring (bicyclic) bond motifs is 1. The highest BCUT2D eigenvalue weighted by Gasteiger charge is 2.16. The van der Waals surface area contributed by atoms with Gasteiger partial charge in [-0.1, -0.05) is 30.3 Å². The highest BCUT2D eigenvalue weighted by atomic mass is 19.1. The van der Waals surface area contributed by atoms with Gasteiger partial charge in [-0.15, -0.1) is 0 Å². The molecule has 0 radical (unpaired) electrons. The summed E-state index contributed by atoms with van der Waals surface area (Å²) in [5.41, 5.74) is 1.44. The van der Waals surface area contributed by atoms with Crippen LogP contribution in [-0.4, -0.2) is 29.5 Å². The van der Waals surface area contributed by atoms with Crippen LogP contribution < -0.4 is 10.6 Å². The van der Waals surface area contributed by atoms with Crippen molar-refractivity contribution in [1.82, 2.24) is 10.3 Å². The molecule has 2 N–H and O–H groups in total. The Balaban J connectivity index is 1.60. The number of urea groups is 1. The van der Waals surface area contributed by atoms with Crippen LogP contribution in [0.5, 0.6) is 0 Å². The number of esters is 1. The molecule has 7 nitrogen and oxygen atoms in total. The predicted molar refractivity (Wildman–Crippen MR) is 100 cm³/mol. The monoisotopic (exact) mass is 381 g/mol. The molecule has 28 heavy (non-hydrogen) atoms. The smallest absolute Gasteiger partial charge is 0.339 e. The lowest BCUT2D eigenvalue weighted by Crippen LogP contribution is -2.37. The summed E-state index contributed by atoms with van der Waals surface area (Å²) < 4.78 is 18.5. The van der Waals surface area contributed by atoms with E-state index in [1.165, 1.54) is 24.3 Å². The first-order valence-corrected chi connectivity index (χ1v) is 8.33. The molecule has 1 heterocycles. The number of anilines is 1. The second kappa shape index (κ2) is 8.26. The van der Waals surface area contributed by atoms with Crippen LogP contribution >= 0.6 is 0 Å². The molecule has 0 spiro atoms. The summed E-state index contributed by atoms with van der Waals surface area (Å²) >= 11 is 0. The normalized spacial score (nSPS) is 10.4. The van der Waals surface area contributed by atoms with Gasteiger partial charge in [0.1, 0.15) is 5.82 Å². The Morgan fingerprint density at radius 1 is 1.07 bits per heavy atom. The van der Waals surface area contributed by atoms with E-state index in [0.717, 1.165) is 0 Å². The molecule has 0 fully saturated rings. The van der Waals surface area contributed by atoms with Crippen molar-refractivity contribution in [3.63, 3.8) is 0 Å². The molecule has 2 aromatic carbocycles. The number of benzene rings is 2. The molecule has 0 saturated heterocycles. The number of nitrogens with one attached hydrogen (secondary N) is 2. The molecular formula is C20H16FN3O4. The predicted octanol–water partition coefficient (Wildman–Crippen LogP) is 3.19.